The predicted molar refractivity (Wildman–Crippen MR) is 89.6 cm³/mol. The standard InChI is InChI=1S/C16H18N2O5S/c1-11-8-14(18(19)20)9-16(12(11)2)24(21,22)17-10-13-6-4-5-7-15(13)23-3/h4-9,17H,10H2,1-3H3. The van der Waals surface area contributed by atoms with Crippen molar-refractivity contribution in [3.8, 4) is 5.75 Å². The second kappa shape index (κ2) is 6.98. The normalized spacial score (nSPS) is 11.3. The van der Waals surface area contributed by atoms with Gasteiger partial charge in [-0.1, -0.05) is 18.2 Å². The van der Waals surface area contributed by atoms with Crippen molar-refractivity contribution in [2.75, 3.05) is 7.11 Å². The molecule has 0 saturated heterocycles. The van der Waals surface area contributed by atoms with Crippen molar-refractivity contribution in [1.29, 1.82) is 0 Å². The van der Waals surface area contributed by atoms with Gasteiger partial charge in [-0.3, -0.25) is 10.1 Å². The minimum atomic E-state index is -3.90. The third-order valence-corrected chi connectivity index (χ3v) is 5.28. The molecule has 0 radical (unpaired) electrons. The van der Waals surface area contributed by atoms with Gasteiger partial charge in [0.1, 0.15) is 5.75 Å². The van der Waals surface area contributed by atoms with Crippen molar-refractivity contribution in [1.82, 2.24) is 4.72 Å². The van der Waals surface area contributed by atoms with E-state index in [0.29, 0.717) is 22.4 Å². The molecule has 0 aromatic heterocycles. The fourth-order valence-corrected chi connectivity index (χ4v) is 3.63. The van der Waals surface area contributed by atoms with Gasteiger partial charge in [-0.05, 0) is 31.0 Å². The SMILES string of the molecule is COc1ccccc1CNS(=O)(=O)c1cc([N+](=O)[O-])cc(C)c1C. The number of sulfonamides is 1. The number of hydrogen-bond donors (Lipinski definition) is 1. The lowest BCUT2D eigenvalue weighted by atomic mass is 10.1. The van der Waals surface area contributed by atoms with E-state index in [2.05, 4.69) is 4.72 Å². The van der Waals surface area contributed by atoms with Crippen molar-refractivity contribution in [3.63, 3.8) is 0 Å². The number of rotatable bonds is 6. The molecule has 0 bridgehead atoms. The molecule has 0 amide bonds. The van der Waals surface area contributed by atoms with Crippen LogP contribution in [0.15, 0.2) is 41.3 Å². The zero-order valence-electron chi connectivity index (χ0n) is 13.6. The van der Waals surface area contributed by atoms with Crippen LogP contribution < -0.4 is 9.46 Å². The highest BCUT2D eigenvalue weighted by atomic mass is 32.2. The van der Waals surface area contributed by atoms with E-state index in [1.54, 1.807) is 38.1 Å². The minimum Gasteiger partial charge on any atom is -0.496 e. The smallest absolute Gasteiger partial charge is 0.271 e. The van der Waals surface area contributed by atoms with Crippen LogP contribution >= 0.6 is 0 Å². The Balaban J connectivity index is 2.36. The number of non-ortho nitro benzene ring substituents is 1. The number of nitrogens with zero attached hydrogens (tertiary/aromatic N) is 1. The first kappa shape index (κ1) is 17.9. The van der Waals surface area contributed by atoms with E-state index in [1.165, 1.54) is 13.2 Å². The van der Waals surface area contributed by atoms with Gasteiger partial charge >= 0.3 is 0 Å². The molecule has 2 aromatic rings. The van der Waals surface area contributed by atoms with Crippen LogP contribution in [-0.4, -0.2) is 20.5 Å². The fourth-order valence-electron chi connectivity index (χ4n) is 2.29. The Morgan fingerprint density at radius 3 is 2.50 bits per heavy atom. The summed E-state index contributed by atoms with van der Waals surface area (Å²) >= 11 is 0. The first-order valence-electron chi connectivity index (χ1n) is 7.13. The molecule has 128 valence electrons. The van der Waals surface area contributed by atoms with E-state index in [0.717, 1.165) is 6.07 Å². The minimum absolute atomic E-state index is 0.0214. The average Bonchev–Trinajstić information content (AvgIpc) is 2.55. The van der Waals surface area contributed by atoms with Crippen LogP contribution in [0.3, 0.4) is 0 Å². The summed E-state index contributed by atoms with van der Waals surface area (Å²) in [6, 6.07) is 9.46. The van der Waals surface area contributed by atoms with Crippen molar-refractivity contribution < 1.29 is 18.1 Å². The number of para-hydroxylation sites is 1. The van der Waals surface area contributed by atoms with Crippen molar-refractivity contribution >= 4 is 15.7 Å². The summed E-state index contributed by atoms with van der Waals surface area (Å²) < 4.78 is 32.8. The summed E-state index contributed by atoms with van der Waals surface area (Å²) in [5.41, 5.74) is 1.44. The molecule has 0 heterocycles. The molecule has 2 rings (SSSR count). The lowest BCUT2D eigenvalue weighted by Crippen LogP contribution is -2.24. The molecule has 0 aliphatic heterocycles. The number of aryl methyl sites for hydroxylation is 1. The Morgan fingerprint density at radius 2 is 1.88 bits per heavy atom. The summed E-state index contributed by atoms with van der Waals surface area (Å²) in [6.45, 7) is 3.28. The van der Waals surface area contributed by atoms with Gasteiger partial charge in [-0.25, -0.2) is 13.1 Å². The van der Waals surface area contributed by atoms with E-state index in [-0.39, 0.29) is 17.1 Å². The van der Waals surface area contributed by atoms with Crippen LogP contribution in [0.5, 0.6) is 5.75 Å². The highest BCUT2D eigenvalue weighted by Gasteiger charge is 2.22. The molecular weight excluding hydrogens is 332 g/mol. The molecular formula is C16H18N2O5S. The maximum absolute atomic E-state index is 12.6. The molecule has 0 saturated carbocycles. The second-order valence-corrected chi connectivity index (χ2v) is 7.01. The molecule has 8 heteroatoms. The molecule has 0 fully saturated rings. The maximum Gasteiger partial charge on any atom is 0.271 e. The molecule has 7 nitrogen and oxygen atoms in total. The number of ether oxygens (including phenoxy) is 1. The van der Waals surface area contributed by atoms with Gasteiger partial charge in [0.25, 0.3) is 5.69 Å². The first-order valence-corrected chi connectivity index (χ1v) is 8.62. The van der Waals surface area contributed by atoms with Gasteiger partial charge in [0.15, 0.2) is 0 Å². The molecule has 0 aliphatic rings. The van der Waals surface area contributed by atoms with Crippen LogP contribution in [0, 0.1) is 24.0 Å². The van der Waals surface area contributed by atoms with E-state index >= 15 is 0 Å². The van der Waals surface area contributed by atoms with Gasteiger partial charge in [-0.15, -0.1) is 0 Å². The number of hydrogen-bond acceptors (Lipinski definition) is 5. The van der Waals surface area contributed by atoms with Gasteiger partial charge in [0.05, 0.1) is 16.9 Å². The summed E-state index contributed by atoms with van der Waals surface area (Å²) in [5.74, 6) is 0.562. The van der Waals surface area contributed by atoms with E-state index < -0.39 is 14.9 Å². The Kier molecular flexibility index (Phi) is 5.20. The number of nitro groups is 1. The molecule has 0 spiro atoms. The first-order chi connectivity index (χ1) is 11.3. The van der Waals surface area contributed by atoms with Gasteiger partial charge in [-0.2, -0.15) is 0 Å². The monoisotopic (exact) mass is 350 g/mol. The van der Waals surface area contributed by atoms with E-state index in [9.17, 15) is 18.5 Å². The summed E-state index contributed by atoms with van der Waals surface area (Å²) in [7, 11) is -2.40. The summed E-state index contributed by atoms with van der Waals surface area (Å²) in [6.07, 6.45) is 0. The lowest BCUT2D eigenvalue weighted by Gasteiger charge is -2.12. The highest BCUT2D eigenvalue weighted by molar-refractivity contribution is 7.89. The quantitative estimate of drug-likeness (QED) is 0.638. The van der Waals surface area contributed by atoms with E-state index in [1.807, 2.05) is 0 Å². The second-order valence-electron chi connectivity index (χ2n) is 5.28. The predicted octanol–water partition coefficient (Wildman–Crippen LogP) is 2.70. The Morgan fingerprint density at radius 1 is 1.21 bits per heavy atom. The van der Waals surface area contributed by atoms with Gasteiger partial charge in [0, 0.05) is 24.2 Å². The van der Waals surface area contributed by atoms with Crippen molar-refractivity contribution in [2.45, 2.75) is 25.3 Å². The largest absolute Gasteiger partial charge is 0.496 e. The van der Waals surface area contributed by atoms with Crippen molar-refractivity contribution in [3.05, 3.63) is 63.2 Å². The van der Waals surface area contributed by atoms with Gasteiger partial charge < -0.3 is 4.74 Å². The molecule has 0 unspecified atom stereocenters. The number of benzene rings is 2. The third-order valence-electron chi connectivity index (χ3n) is 3.75. The molecule has 0 atom stereocenters. The van der Waals surface area contributed by atoms with Crippen LogP contribution in [0.1, 0.15) is 16.7 Å². The Labute approximate surface area is 140 Å². The Hall–Kier alpha value is -2.45. The average molecular weight is 350 g/mol. The molecule has 24 heavy (non-hydrogen) atoms. The molecule has 0 aliphatic carbocycles. The maximum atomic E-state index is 12.6. The van der Waals surface area contributed by atoms with Crippen LogP contribution in [0.2, 0.25) is 0 Å². The highest BCUT2D eigenvalue weighted by Crippen LogP contribution is 2.26. The zero-order valence-corrected chi connectivity index (χ0v) is 14.4. The van der Waals surface area contributed by atoms with Gasteiger partial charge in [0.2, 0.25) is 10.0 Å². The summed E-state index contributed by atoms with van der Waals surface area (Å²) in [4.78, 5) is 10.3. The van der Waals surface area contributed by atoms with E-state index in [4.69, 9.17) is 4.74 Å². The summed E-state index contributed by atoms with van der Waals surface area (Å²) in [5, 5.41) is 11.0. The molecule has 1 N–H and O–H groups in total. The third kappa shape index (κ3) is 3.72. The fraction of sp³-hybridized carbons (Fsp3) is 0.250. The van der Waals surface area contributed by atoms with Crippen LogP contribution in [0.25, 0.3) is 0 Å². The van der Waals surface area contributed by atoms with Crippen LogP contribution in [0.4, 0.5) is 5.69 Å². The number of nitro benzene ring substituents is 1. The van der Waals surface area contributed by atoms with Crippen molar-refractivity contribution in [2.24, 2.45) is 0 Å². The number of methoxy groups -OCH3 is 1. The topological polar surface area (TPSA) is 98.5 Å². The number of nitrogens with one attached hydrogen (secondary N) is 1. The Bertz CT molecular complexity index is 878. The lowest BCUT2D eigenvalue weighted by molar-refractivity contribution is -0.385. The zero-order chi connectivity index (χ0) is 17.9. The van der Waals surface area contributed by atoms with Crippen LogP contribution in [-0.2, 0) is 16.6 Å². The molecule has 2 aromatic carbocycles.